The molecule has 3 aromatic rings. The summed E-state index contributed by atoms with van der Waals surface area (Å²) in [6.07, 6.45) is 3.16. The minimum atomic E-state index is -0.245. The van der Waals surface area contributed by atoms with Crippen LogP contribution < -0.4 is 5.32 Å². The fraction of sp³-hybridized carbons (Fsp3) is 0.0667. The molecule has 1 amide bonds. The maximum Gasteiger partial charge on any atom is 0.274 e. The molecule has 110 valence electrons. The summed E-state index contributed by atoms with van der Waals surface area (Å²) in [4.78, 5) is 20.1. The normalized spacial score (nSPS) is 10.4. The Bertz CT molecular complexity index is 771. The van der Waals surface area contributed by atoms with E-state index in [0.29, 0.717) is 22.5 Å². The Morgan fingerprint density at radius 3 is 2.68 bits per heavy atom. The molecule has 0 aliphatic rings. The van der Waals surface area contributed by atoms with Crippen LogP contribution in [0.4, 0.5) is 5.69 Å². The van der Waals surface area contributed by atoms with Gasteiger partial charge in [-0.2, -0.15) is 5.10 Å². The first-order valence-corrected chi connectivity index (χ1v) is 7.35. The van der Waals surface area contributed by atoms with Crippen LogP contribution in [0.2, 0.25) is 0 Å². The molecule has 0 bridgehead atoms. The summed E-state index contributed by atoms with van der Waals surface area (Å²) < 4.78 is 2.36. The molecule has 0 spiro atoms. The Hall–Kier alpha value is -2.54. The topological polar surface area (TPSA) is 72.7 Å². The van der Waals surface area contributed by atoms with Gasteiger partial charge >= 0.3 is 0 Å². The standard InChI is InChI=1S/C15H12BrN5O/c16-14-3-1-2-13(20-14)15(22)19-12-6-4-11(5-7-12)8-21-10-17-9-18-21/h1-7,9-10H,8H2,(H,19,22). The molecule has 0 unspecified atom stereocenters. The van der Waals surface area contributed by atoms with Gasteiger partial charge in [0.2, 0.25) is 0 Å². The quantitative estimate of drug-likeness (QED) is 0.728. The van der Waals surface area contributed by atoms with Gasteiger partial charge in [-0.1, -0.05) is 18.2 Å². The van der Waals surface area contributed by atoms with E-state index in [-0.39, 0.29) is 5.91 Å². The molecule has 0 saturated carbocycles. The monoisotopic (exact) mass is 357 g/mol. The van der Waals surface area contributed by atoms with Gasteiger partial charge < -0.3 is 5.32 Å². The van der Waals surface area contributed by atoms with Crippen LogP contribution in [0.15, 0.2) is 59.7 Å². The number of amides is 1. The van der Waals surface area contributed by atoms with Crippen molar-refractivity contribution in [1.29, 1.82) is 0 Å². The summed E-state index contributed by atoms with van der Waals surface area (Å²) in [5, 5.41) is 6.87. The van der Waals surface area contributed by atoms with E-state index < -0.39 is 0 Å². The van der Waals surface area contributed by atoms with Gasteiger partial charge in [-0.3, -0.25) is 4.79 Å². The first kappa shape index (κ1) is 14.4. The molecule has 0 atom stereocenters. The molecule has 0 saturated heterocycles. The van der Waals surface area contributed by atoms with E-state index in [1.54, 1.807) is 29.2 Å². The van der Waals surface area contributed by atoms with Crippen LogP contribution in [-0.4, -0.2) is 25.7 Å². The molecule has 2 heterocycles. The number of hydrogen-bond acceptors (Lipinski definition) is 4. The van der Waals surface area contributed by atoms with Gasteiger partial charge in [-0.25, -0.2) is 14.6 Å². The number of nitrogens with zero attached hydrogens (tertiary/aromatic N) is 4. The Kier molecular flexibility index (Phi) is 4.24. The number of hydrogen-bond donors (Lipinski definition) is 1. The third-order valence-electron chi connectivity index (χ3n) is 2.97. The fourth-order valence-electron chi connectivity index (χ4n) is 1.92. The van der Waals surface area contributed by atoms with Crippen LogP contribution >= 0.6 is 15.9 Å². The molecule has 0 radical (unpaired) electrons. The van der Waals surface area contributed by atoms with Crippen molar-refractivity contribution in [3.05, 3.63) is 71.0 Å². The van der Waals surface area contributed by atoms with Crippen LogP contribution in [0.3, 0.4) is 0 Å². The van der Waals surface area contributed by atoms with Crippen molar-refractivity contribution < 1.29 is 4.79 Å². The van der Waals surface area contributed by atoms with Gasteiger partial charge in [0.1, 0.15) is 23.0 Å². The number of benzene rings is 1. The third kappa shape index (κ3) is 3.56. The zero-order chi connectivity index (χ0) is 15.4. The van der Waals surface area contributed by atoms with E-state index >= 15 is 0 Å². The number of pyridine rings is 1. The highest BCUT2D eigenvalue weighted by atomic mass is 79.9. The highest BCUT2D eigenvalue weighted by Crippen LogP contribution is 2.13. The van der Waals surface area contributed by atoms with E-state index in [9.17, 15) is 4.79 Å². The molecular weight excluding hydrogens is 346 g/mol. The summed E-state index contributed by atoms with van der Waals surface area (Å²) in [6.45, 7) is 0.640. The Morgan fingerprint density at radius 1 is 1.18 bits per heavy atom. The number of aromatic nitrogens is 4. The second kappa shape index (κ2) is 6.48. The second-order valence-electron chi connectivity index (χ2n) is 4.59. The molecule has 2 aromatic heterocycles. The van der Waals surface area contributed by atoms with Gasteiger partial charge in [-0.05, 0) is 45.8 Å². The minimum absolute atomic E-state index is 0.245. The van der Waals surface area contributed by atoms with Crippen molar-refractivity contribution in [1.82, 2.24) is 19.7 Å². The van der Waals surface area contributed by atoms with Crippen molar-refractivity contribution in [3.8, 4) is 0 Å². The Morgan fingerprint density at radius 2 is 2.00 bits per heavy atom. The van der Waals surface area contributed by atoms with E-state index in [2.05, 4.69) is 36.3 Å². The van der Waals surface area contributed by atoms with Crippen molar-refractivity contribution in [2.75, 3.05) is 5.32 Å². The molecule has 1 aromatic carbocycles. The van der Waals surface area contributed by atoms with Gasteiger partial charge in [0, 0.05) is 5.69 Å². The van der Waals surface area contributed by atoms with Crippen LogP contribution in [0.1, 0.15) is 16.1 Å². The van der Waals surface area contributed by atoms with E-state index in [1.807, 2.05) is 24.3 Å². The first-order valence-electron chi connectivity index (χ1n) is 6.56. The highest BCUT2D eigenvalue weighted by molar-refractivity contribution is 9.10. The van der Waals surface area contributed by atoms with E-state index in [4.69, 9.17) is 0 Å². The smallest absolute Gasteiger partial charge is 0.274 e. The minimum Gasteiger partial charge on any atom is -0.321 e. The maximum atomic E-state index is 12.1. The van der Waals surface area contributed by atoms with E-state index in [0.717, 1.165) is 5.56 Å². The number of rotatable bonds is 4. The number of halogens is 1. The maximum absolute atomic E-state index is 12.1. The zero-order valence-electron chi connectivity index (χ0n) is 11.5. The van der Waals surface area contributed by atoms with Crippen LogP contribution in [0, 0.1) is 0 Å². The van der Waals surface area contributed by atoms with Crippen LogP contribution in [0.25, 0.3) is 0 Å². The van der Waals surface area contributed by atoms with Gasteiger partial charge in [-0.15, -0.1) is 0 Å². The molecular formula is C15H12BrN5O. The lowest BCUT2D eigenvalue weighted by atomic mass is 10.2. The largest absolute Gasteiger partial charge is 0.321 e. The fourth-order valence-corrected chi connectivity index (χ4v) is 2.27. The molecule has 7 heteroatoms. The predicted octanol–water partition coefficient (Wildman–Crippen LogP) is 2.74. The predicted molar refractivity (Wildman–Crippen MR) is 85.5 cm³/mol. The molecule has 3 rings (SSSR count). The summed E-state index contributed by atoms with van der Waals surface area (Å²) in [5.41, 5.74) is 2.15. The third-order valence-corrected chi connectivity index (χ3v) is 3.41. The lowest BCUT2D eigenvalue weighted by Crippen LogP contribution is -2.13. The van der Waals surface area contributed by atoms with Gasteiger partial charge in [0.05, 0.1) is 6.54 Å². The zero-order valence-corrected chi connectivity index (χ0v) is 13.1. The van der Waals surface area contributed by atoms with Gasteiger partial charge in [0.25, 0.3) is 5.91 Å². The van der Waals surface area contributed by atoms with Crippen molar-refractivity contribution in [3.63, 3.8) is 0 Å². The van der Waals surface area contributed by atoms with Crippen LogP contribution in [-0.2, 0) is 6.54 Å². The molecule has 22 heavy (non-hydrogen) atoms. The Balaban J connectivity index is 1.67. The summed E-state index contributed by atoms with van der Waals surface area (Å²) in [5.74, 6) is -0.245. The summed E-state index contributed by atoms with van der Waals surface area (Å²) in [7, 11) is 0. The molecule has 0 aliphatic carbocycles. The van der Waals surface area contributed by atoms with Crippen molar-refractivity contribution in [2.24, 2.45) is 0 Å². The molecule has 6 nitrogen and oxygen atoms in total. The van der Waals surface area contributed by atoms with E-state index in [1.165, 1.54) is 6.33 Å². The average Bonchev–Trinajstić information content (AvgIpc) is 3.02. The van der Waals surface area contributed by atoms with Crippen molar-refractivity contribution >= 4 is 27.5 Å². The first-order chi connectivity index (χ1) is 10.7. The summed E-state index contributed by atoms with van der Waals surface area (Å²) in [6, 6.07) is 12.8. The second-order valence-corrected chi connectivity index (χ2v) is 5.40. The highest BCUT2D eigenvalue weighted by Gasteiger charge is 2.08. The molecule has 0 aliphatic heterocycles. The molecule has 0 fully saturated rings. The number of anilines is 1. The SMILES string of the molecule is O=C(Nc1ccc(Cn2cncn2)cc1)c1cccc(Br)n1. The average molecular weight is 358 g/mol. The Labute approximate surface area is 135 Å². The lowest BCUT2D eigenvalue weighted by Gasteiger charge is -2.06. The number of carbonyl (C=O) groups excluding carboxylic acids is 1. The number of nitrogens with one attached hydrogen (secondary N) is 1. The van der Waals surface area contributed by atoms with Gasteiger partial charge in [0.15, 0.2) is 0 Å². The number of carbonyl (C=O) groups is 1. The van der Waals surface area contributed by atoms with Crippen molar-refractivity contribution in [2.45, 2.75) is 6.54 Å². The molecule has 1 N–H and O–H groups in total. The lowest BCUT2D eigenvalue weighted by molar-refractivity contribution is 0.102. The summed E-state index contributed by atoms with van der Waals surface area (Å²) >= 11 is 3.25. The van der Waals surface area contributed by atoms with Crippen LogP contribution in [0.5, 0.6) is 0 Å².